The second-order valence-corrected chi connectivity index (χ2v) is 13.6. The van der Waals surface area contributed by atoms with Crippen molar-refractivity contribution in [3.63, 3.8) is 0 Å². The van der Waals surface area contributed by atoms with E-state index >= 15 is 0 Å². The molecule has 2 aliphatic rings. The van der Waals surface area contributed by atoms with Gasteiger partial charge in [0.2, 0.25) is 0 Å². The van der Waals surface area contributed by atoms with Crippen molar-refractivity contribution in [2.45, 2.75) is 65.8 Å². The summed E-state index contributed by atoms with van der Waals surface area (Å²) in [5.41, 5.74) is 17.9. The van der Waals surface area contributed by atoms with Crippen LogP contribution in [0.4, 0.5) is 0 Å². The molecule has 2 nitrogen and oxygen atoms in total. The van der Waals surface area contributed by atoms with Gasteiger partial charge in [-0.25, -0.2) is 4.99 Å². The van der Waals surface area contributed by atoms with Crippen molar-refractivity contribution < 1.29 is 0 Å². The zero-order valence-electron chi connectivity index (χ0n) is 26.9. The van der Waals surface area contributed by atoms with Gasteiger partial charge in [0.1, 0.15) is 0 Å². The van der Waals surface area contributed by atoms with Crippen LogP contribution in [0.5, 0.6) is 0 Å². The number of fused-ring (bicyclic) bond motifs is 6. The highest BCUT2D eigenvalue weighted by atomic mass is 14.9. The molecule has 0 atom stereocenters. The third-order valence-electron chi connectivity index (χ3n) is 9.98. The lowest BCUT2D eigenvalue weighted by atomic mass is 9.79. The molecule has 44 heavy (non-hydrogen) atoms. The molecule has 5 aromatic carbocycles. The summed E-state index contributed by atoms with van der Waals surface area (Å²) in [5.74, 6) is 0.779. The van der Waals surface area contributed by atoms with Gasteiger partial charge in [-0.3, -0.25) is 4.99 Å². The van der Waals surface area contributed by atoms with Crippen LogP contribution in [0, 0.1) is 13.8 Å². The Bertz CT molecular complexity index is 1990. The van der Waals surface area contributed by atoms with Gasteiger partial charge in [0.15, 0.2) is 5.84 Å². The summed E-state index contributed by atoms with van der Waals surface area (Å²) >= 11 is 0. The fourth-order valence-corrected chi connectivity index (χ4v) is 7.49. The lowest BCUT2D eigenvalue weighted by Gasteiger charge is -2.24. The third kappa shape index (κ3) is 4.39. The first-order valence-electron chi connectivity index (χ1n) is 15.7. The maximum absolute atomic E-state index is 5.17. The number of hydrogen-bond acceptors (Lipinski definition) is 1. The van der Waals surface area contributed by atoms with Crippen molar-refractivity contribution >= 4 is 11.5 Å². The predicted molar refractivity (Wildman–Crippen MR) is 186 cm³/mol. The van der Waals surface area contributed by atoms with E-state index < -0.39 is 0 Å². The van der Waals surface area contributed by atoms with Crippen LogP contribution in [0.2, 0.25) is 0 Å². The van der Waals surface area contributed by atoms with Gasteiger partial charge in [-0.1, -0.05) is 107 Å². The molecule has 218 valence electrons. The lowest BCUT2D eigenvalue weighted by molar-refractivity contribution is 0.651. The zero-order chi connectivity index (χ0) is 30.8. The summed E-state index contributed by atoms with van der Waals surface area (Å²) in [7, 11) is 0. The average molecular weight is 573 g/mol. The Morgan fingerprint density at radius 1 is 0.568 bits per heavy atom. The zero-order valence-corrected chi connectivity index (χ0v) is 26.9. The van der Waals surface area contributed by atoms with Crippen molar-refractivity contribution in [1.82, 2.24) is 0 Å². The first kappa shape index (κ1) is 28.2. The maximum Gasteiger partial charge on any atom is 0.155 e. The highest BCUT2D eigenvalue weighted by Gasteiger charge is 2.42. The summed E-state index contributed by atoms with van der Waals surface area (Å²) in [4.78, 5) is 10.3. The van der Waals surface area contributed by atoms with Crippen molar-refractivity contribution in [3.8, 4) is 22.3 Å². The molecule has 0 N–H and O–H groups in total. The van der Waals surface area contributed by atoms with Crippen molar-refractivity contribution in [1.29, 1.82) is 0 Å². The molecule has 2 aliphatic carbocycles. The van der Waals surface area contributed by atoms with Crippen LogP contribution >= 0.6 is 0 Å². The third-order valence-corrected chi connectivity index (χ3v) is 9.98. The summed E-state index contributed by atoms with van der Waals surface area (Å²) in [6.45, 7) is 16.7. The number of aliphatic imine (C=N–C) groups is 2. The van der Waals surface area contributed by atoms with Crippen LogP contribution < -0.4 is 0 Å². The van der Waals surface area contributed by atoms with Crippen LogP contribution in [-0.2, 0) is 17.4 Å². The van der Waals surface area contributed by atoms with E-state index in [0.717, 1.165) is 22.7 Å². The molecule has 0 bridgehead atoms. The van der Waals surface area contributed by atoms with Crippen molar-refractivity contribution in [2.75, 3.05) is 0 Å². The SMILES string of the molecule is CC(=NC(=NCc1ccccc1)c1cc(C)c2c(c1)C(C)(C)c1cc3c(cc1-2)C(C)(C)c1cccc(C)c1-3)c1ccccc1. The Morgan fingerprint density at radius 3 is 1.82 bits per heavy atom. The topological polar surface area (TPSA) is 24.7 Å². The highest BCUT2D eigenvalue weighted by Crippen LogP contribution is 2.57. The molecule has 0 radical (unpaired) electrons. The van der Waals surface area contributed by atoms with Crippen LogP contribution in [0.3, 0.4) is 0 Å². The molecule has 0 unspecified atom stereocenters. The van der Waals surface area contributed by atoms with Gasteiger partial charge >= 0.3 is 0 Å². The van der Waals surface area contributed by atoms with Gasteiger partial charge in [-0.05, 0) is 112 Å². The molecule has 5 aromatic rings. The first-order chi connectivity index (χ1) is 21.1. The van der Waals surface area contributed by atoms with Crippen molar-refractivity contribution in [2.24, 2.45) is 9.98 Å². The molecule has 0 heterocycles. The minimum Gasteiger partial charge on any atom is -0.261 e. The second kappa shape index (κ2) is 10.3. The second-order valence-electron chi connectivity index (χ2n) is 13.6. The van der Waals surface area contributed by atoms with Gasteiger partial charge in [0, 0.05) is 22.1 Å². The molecule has 0 amide bonds. The molecular weight excluding hydrogens is 532 g/mol. The lowest BCUT2D eigenvalue weighted by Crippen LogP contribution is -2.17. The Kier molecular flexibility index (Phi) is 6.59. The molecule has 0 aliphatic heterocycles. The monoisotopic (exact) mass is 572 g/mol. The van der Waals surface area contributed by atoms with Crippen LogP contribution in [0.1, 0.15) is 84.7 Å². The van der Waals surface area contributed by atoms with Gasteiger partial charge in [0.05, 0.1) is 6.54 Å². The standard InChI is InChI=1S/C42H40N2/c1-26-15-14-20-34-38(26)32-23-36-33(24-35(32)41(34,4)5)39-27(2)21-31(22-37(39)42(36,6)7)40(43-25-29-16-10-8-11-17-29)44-28(3)30-18-12-9-13-19-30/h8-24H,25H2,1-7H3. The summed E-state index contributed by atoms with van der Waals surface area (Å²) in [5, 5.41) is 0. The Hall–Kier alpha value is -4.56. The van der Waals surface area contributed by atoms with E-state index in [1.165, 1.54) is 61.2 Å². The molecule has 7 rings (SSSR count). The van der Waals surface area contributed by atoms with Crippen molar-refractivity contribution in [3.05, 3.63) is 153 Å². The van der Waals surface area contributed by atoms with E-state index in [4.69, 9.17) is 9.98 Å². The molecule has 0 aromatic heterocycles. The number of hydrogen-bond donors (Lipinski definition) is 0. The van der Waals surface area contributed by atoms with E-state index in [-0.39, 0.29) is 10.8 Å². The quantitative estimate of drug-likeness (QED) is 0.151. The Labute approximate surface area is 262 Å². The van der Waals surface area contributed by atoms with E-state index in [2.05, 4.69) is 139 Å². The number of aryl methyl sites for hydroxylation is 2. The molecule has 2 heteroatoms. The average Bonchev–Trinajstić information content (AvgIpc) is 3.39. The smallest absolute Gasteiger partial charge is 0.155 e. The van der Waals surface area contributed by atoms with E-state index in [9.17, 15) is 0 Å². The molecule has 0 saturated heterocycles. The summed E-state index contributed by atoms with van der Waals surface area (Å²) in [6, 6.07) is 37.3. The normalized spacial score (nSPS) is 15.9. The molecule has 0 spiro atoms. The van der Waals surface area contributed by atoms with Crippen LogP contribution in [0.15, 0.2) is 113 Å². The minimum atomic E-state index is -0.154. The summed E-state index contributed by atoms with van der Waals surface area (Å²) in [6.07, 6.45) is 0. The number of nitrogens with zero attached hydrogens (tertiary/aromatic N) is 2. The largest absolute Gasteiger partial charge is 0.261 e. The van der Waals surface area contributed by atoms with Gasteiger partial charge in [-0.15, -0.1) is 0 Å². The van der Waals surface area contributed by atoms with E-state index in [1.807, 2.05) is 12.1 Å². The van der Waals surface area contributed by atoms with Gasteiger partial charge in [-0.2, -0.15) is 0 Å². The minimum absolute atomic E-state index is 0.0343. The van der Waals surface area contributed by atoms with Crippen LogP contribution in [-0.4, -0.2) is 11.5 Å². The molecular formula is C42H40N2. The fraction of sp³-hybridized carbons (Fsp3) is 0.238. The van der Waals surface area contributed by atoms with E-state index in [0.29, 0.717) is 6.54 Å². The fourth-order valence-electron chi connectivity index (χ4n) is 7.49. The van der Waals surface area contributed by atoms with Gasteiger partial charge < -0.3 is 0 Å². The Balaban J connectivity index is 1.38. The van der Waals surface area contributed by atoms with Crippen LogP contribution in [0.25, 0.3) is 22.3 Å². The number of benzene rings is 5. The highest BCUT2D eigenvalue weighted by molar-refractivity contribution is 6.12. The van der Waals surface area contributed by atoms with Gasteiger partial charge in [0.25, 0.3) is 0 Å². The number of rotatable bonds is 4. The molecule has 0 saturated carbocycles. The first-order valence-corrected chi connectivity index (χ1v) is 15.7. The molecule has 0 fully saturated rings. The van der Waals surface area contributed by atoms with E-state index in [1.54, 1.807) is 0 Å². The summed E-state index contributed by atoms with van der Waals surface area (Å²) < 4.78 is 0. The maximum atomic E-state index is 5.17. The predicted octanol–water partition coefficient (Wildman–Crippen LogP) is 10.4. The number of amidine groups is 1. The Morgan fingerprint density at radius 2 is 1.16 bits per heavy atom.